The van der Waals surface area contributed by atoms with Gasteiger partial charge in [-0.3, -0.25) is 10.2 Å². The number of ether oxygens (including phenoxy) is 3. The van der Waals surface area contributed by atoms with Gasteiger partial charge in [0, 0.05) is 34.6 Å². The van der Waals surface area contributed by atoms with Crippen molar-refractivity contribution in [2.45, 2.75) is 0 Å². The van der Waals surface area contributed by atoms with E-state index >= 15 is 0 Å². The molecule has 0 fully saturated rings. The summed E-state index contributed by atoms with van der Waals surface area (Å²) in [6, 6.07) is 9.87. The van der Waals surface area contributed by atoms with Crippen LogP contribution in [0.5, 0.6) is 11.5 Å². The van der Waals surface area contributed by atoms with E-state index in [2.05, 4.69) is 25.1 Å². The number of hydrogen-bond donors (Lipinski definition) is 3. The number of esters is 1. The second-order valence-electron chi connectivity index (χ2n) is 6.60. The van der Waals surface area contributed by atoms with Crippen LogP contribution in [0.1, 0.15) is 20.7 Å². The molecule has 0 saturated heterocycles. The van der Waals surface area contributed by atoms with Crippen molar-refractivity contribution in [2.75, 3.05) is 21.3 Å². The molecular weight excluding hydrogens is 428 g/mol. The average Bonchev–Trinajstić information content (AvgIpc) is 3.58. The van der Waals surface area contributed by atoms with E-state index in [9.17, 15) is 9.59 Å². The summed E-state index contributed by atoms with van der Waals surface area (Å²) >= 11 is 0. The molecule has 4 aromatic rings. The van der Waals surface area contributed by atoms with E-state index in [1.54, 1.807) is 56.2 Å². The van der Waals surface area contributed by atoms with Crippen molar-refractivity contribution in [2.24, 2.45) is 0 Å². The predicted molar refractivity (Wildman–Crippen MR) is 119 cm³/mol. The van der Waals surface area contributed by atoms with Gasteiger partial charge in [0.05, 0.1) is 44.8 Å². The Balaban J connectivity index is 0.000000186. The first-order valence-electron chi connectivity index (χ1n) is 9.64. The number of aromatic carboxylic acids is 1. The third-order valence-corrected chi connectivity index (χ3v) is 4.69. The maximum absolute atomic E-state index is 11.4. The quantitative estimate of drug-likeness (QED) is 0.378. The van der Waals surface area contributed by atoms with Crippen molar-refractivity contribution >= 4 is 11.9 Å². The Bertz CT molecular complexity index is 1220. The lowest BCUT2D eigenvalue weighted by Gasteiger charge is -2.08. The highest BCUT2D eigenvalue weighted by atomic mass is 16.5. The minimum Gasteiger partial charge on any atom is -0.496 e. The molecule has 0 aliphatic rings. The number of benzene rings is 2. The lowest BCUT2D eigenvalue weighted by Crippen LogP contribution is -2.01. The van der Waals surface area contributed by atoms with Crippen LogP contribution in [0.15, 0.2) is 61.2 Å². The van der Waals surface area contributed by atoms with Crippen LogP contribution in [0.25, 0.3) is 22.3 Å². The number of aromatic nitrogens is 4. The standard InChI is InChI=1S/C12H12N2O3.C11H10N2O3/c1-16-11-5-8(12(15)17-2)3-4-10(11)9-6-13-14-7-9;1-16-10-4-7(11(14)15)2-3-9(10)8-5-12-13-6-8/h3-7H,1-2H3,(H,13,14);2-6H,1H3,(H,12,13)(H,14,15). The maximum atomic E-state index is 11.4. The zero-order valence-corrected chi connectivity index (χ0v) is 18.2. The van der Waals surface area contributed by atoms with Gasteiger partial charge in [-0.1, -0.05) is 0 Å². The van der Waals surface area contributed by atoms with Gasteiger partial charge in [0.25, 0.3) is 0 Å². The van der Waals surface area contributed by atoms with Crippen LogP contribution in [0, 0.1) is 0 Å². The van der Waals surface area contributed by atoms with Gasteiger partial charge in [-0.25, -0.2) is 9.59 Å². The van der Waals surface area contributed by atoms with Gasteiger partial charge in [-0.2, -0.15) is 10.2 Å². The number of nitrogens with zero attached hydrogens (tertiary/aromatic N) is 2. The van der Waals surface area contributed by atoms with E-state index in [1.807, 2.05) is 0 Å². The van der Waals surface area contributed by atoms with Crippen molar-refractivity contribution in [3.05, 3.63) is 72.3 Å². The van der Waals surface area contributed by atoms with Gasteiger partial charge in [0.1, 0.15) is 11.5 Å². The molecule has 0 unspecified atom stereocenters. The highest BCUT2D eigenvalue weighted by molar-refractivity contribution is 5.91. The monoisotopic (exact) mass is 450 g/mol. The highest BCUT2D eigenvalue weighted by Crippen LogP contribution is 2.31. The van der Waals surface area contributed by atoms with Crippen molar-refractivity contribution in [3.8, 4) is 33.8 Å². The lowest BCUT2D eigenvalue weighted by atomic mass is 10.1. The normalized spacial score (nSPS) is 10.0. The van der Waals surface area contributed by atoms with Gasteiger partial charge in [0.2, 0.25) is 0 Å². The molecule has 0 bridgehead atoms. The van der Waals surface area contributed by atoms with Gasteiger partial charge in [-0.15, -0.1) is 0 Å². The van der Waals surface area contributed by atoms with Crippen LogP contribution >= 0.6 is 0 Å². The SMILES string of the molecule is COC(=O)c1ccc(-c2cn[nH]c2)c(OC)c1.COc1cc(C(=O)O)ccc1-c1cn[nH]c1. The summed E-state index contributed by atoms with van der Waals surface area (Å²) < 4.78 is 15.1. The predicted octanol–water partition coefficient (Wildman–Crippen LogP) is 3.66. The Hall–Kier alpha value is -4.60. The highest BCUT2D eigenvalue weighted by Gasteiger charge is 2.12. The molecule has 10 heteroatoms. The largest absolute Gasteiger partial charge is 0.496 e. The summed E-state index contributed by atoms with van der Waals surface area (Å²) in [7, 11) is 4.41. The number of hydrogen-bond acceptors (Lipinski definition) is 7. The average molecular weight is 450 g/mol. The fraction of sp³-hybridized carbons (Fsp3) is 0.130. The Labute approximate surface area is 189 Å². The first-order valence-corrected chi connectivity index (χ1v) is 9.64. The zero-order chi connectivity index (χ0) is 23.8. The van der Waals surface area contributed by atoms with Crippen LogP contribution < -0.4 is 9.47 Å². The molecule has 0 amide bonds. The first kappa shape index (κ1) is 23.1. The Kier molecular flexibility index (Phi) is 7.43. The third kappa shape index (κ3) is 5.37. The van der Waals surface area contributed by atoms with Crippen molar-refractivity contribution in [1.29, 1.82) is 0 Å². The van der Waals surface area contributed by atoms with Crippen LogP contribution in [0.4, 0.5) is 0 Å². The molecule has 2 aromatic heterocycles. The molecule has 3 N–H and O–H groups in total. The number of carbonyl (C=O) groups is 2. The molecule has 0 aliphatic heterocycles. The smallest absolute Gasteiger partial charge is 0.337 e. The summed E-state index contributed by atoms with van der Waals surface area (Å²) in [5.41, 5.74) is 4.09. The van der Waals surface area contributed by atoms with Gasteiger partial charge < -0.3 is 19.3 Å². The van der Waals surface area contributed by atoms with Crippen LogP contribution in [-0.2, 0) is 4.74 Å². The van der Waals surface area contributed by atoms with E-state index in [1.165, 1.54) is 26.4 Å². The lowest BCUT2D eigenvalue weighted by molar-refractivity contribution is 0.0599. The molecule has 2 aromatic carbocycles. The second-order valence-corrected chi connectivity index (χ2v) is 6.60. The Morgan fingerprint density at radius 3 is 1.67 bits per heavy atom. The Morgan fingerprint density at radius 1 is 0.788 bits per heavy atom. The number of aromatic amines is 2. The number of carbonyl (C=O) groups excluding carboxylic acids is 1. The minimum absolute atomic E-state index is 0.198. The van der Waals surface area contributed by atoms with Gasteiger partial charge in [-0.05, 0) is 36.4 Å². The maximum Gasteiger partial charge on any atom is 0.337 e. The van der Waals surface area contributed by atoms with Crippen LogP contribution in [0.3, 0.4) is 0 Å². The van der Waals surface area contributed by atoms with Crippen molar-refractivity contribution in [3.63, 3.8) is 0 Å². The number of carboxylic acids is 1. The van der Waals surface area contributed by atoms with Crippen molar-refractivity contribution < 1.29 is 28.9 Å². The van der Waals surface area contributed by atoms with E-state index in [4.69, 9.17) is 14.6 Å². The first-order chi connectivity index (χ1) is 16.0. The fourth-order valence-corrected chi connectivity index (χ4v) is 3.03. The molecule has 0 spiro atoms. The van der Waals surface area contributed by atoms with Crippen LogP contribution in [-0.4, -0.2) is 58.8 Å². The van der Waals surface area contributed by atoms with Gasteiger partial charge >= 0.3 is 11.9 Å². The second kappa shape index (κ2) is 10.6. The topological polar surface area (TPSA) is 139 Å². The van der Waals surface area contributed by atoms with E-state index in [0.717, 1.165) is 22.3 Å². The molecule has 0 atom stereocenters. The molecule has 2 heterocycles. The zero-order valence-electron chi connectivity index (χ0n) is 18.2. The number of H-pyrrole nitrogens is 2. The van der Waals surface area contributed by atoms with E-state index < -0.39 is 5.97 Å². The van der Waals surface area contributed by atoms with E-state index in [0.29, 0.717) is 17.1 Å². The van der Waals surface area contributed by atoms with Crippen molar-refractivity contribution in [1.82, 2.24) is 20.4 Å². The molecular formula is C23H22N4O6. The summed E-state index contributed by atoms with van der Waals surface area (Å²) in [6.45, 7) is 0. The summed E-state index contributed by atoms with van der Waals surface area (Å²) in [5, 5.41) is 22.0. The van der Waals surface area contributed by atoms with E-state index in [-0.39, 0.29) is 11.5 Å². The molecule has 0 radical (unpaired) electrons. The molecule has 0 aliphatic carbocycles. The fourth-order valence-electron chi connectivity index (χ4n) is 3.03. The summed E-state index contributed by atoms with van der Waals surface area (Å²) in [6.07, 6.45) is 6.82. The number of rotatable bonds is 6. The molecule has 4 rings (SSSR count). The van der Waals surface area contributed by atoms with Gasteiger partial charge in [0.15, 0.2) is 0 Å². The molecule has 170 valence electrons. The molecule has 33 heavy (non-hydrogen) atoms. The number of methoxy groups -OCH3 is 3. The third-order valence-electron chi connectivity index (χ3n) is 4.69. The number of nitrogens with one attached hydrogen (secondary N) is 2. The molecule has 10 nitrogen and oxygen atoms in total. The Morgan fingerprint density at radius 2 is 1.27 bits per heavy atom. The summed E-state index contributed by atoms with van der Waals surface area (Å²) in [4.78, 5) is 22.2. The number of carboxylic acid groups (broad SMARTS) is 1. The minimum atomic E-state index is -0.975. The summed E-state index contributed by atoms with van der Waals surface area (Å²) in [5.74, 6) is -0.241. The van der Waals surface area contributed by atoms with Crippen LogP contribution in [0.2, 0.25) is 0 Å². The molecule has 0 saturated carbocycles.